The van der Waals surface area contributed by atoms with Gasteiger partial charge in [0.2, 0.25) is 16.0 Å². The van der Waals surface area contributed by atoms with Gasteiger partial charge in [-0.15, -0.1) is 11.3 Å². The number of imidazole rings is 1. The quantitative estimate of drug-likeness (QED) is 0.373. The molecule has 0 saturated carbocycles. The Morgan fingerprint density at radius 2 is 1.96 bits per heavy atom. The van der Waals surface area contributed by atoms with Gasteiger partial charge < -0.3 is 26.3 Å². The summed E-state index contributed by atoms with van der Waals surface area (Å²) >= 11 is 1.18. The van der Waals surface area contributed by atoms with Crippen molar-refractivity contribution in [2.45, 2.75) is 10.8 Å². The second-order valence-electron chi connectivity index (χ2n) is 5.58. The Hall–Kier alpha value is -2.57. The van der Waals surface area contributed by atoms with E-state index >= 15 is 0 Å². The van der Waals surface area contributed by atoms with Crippen molar-refractivity contribution >= 4 is 55.7 Å². The molecule has 0 aliphatic carbocycles. The molecular formula is C15H22N8O2S2. The zero-order chi connectivity index (χ0) is 19.6. The van der Waals surface area contributed by atoms with E-state index < -0.39 is 10.0 Å². The molecule has 3 aromatic rings. The minimum atomic E-state index is -3.53. The molecule has 27 heavy (non-hydrogen) atoms. The molecule has 0 saturated heterocycles. The number of hydrogen-bond acceptors (Lipinski definition) is 9. The molecule has 146 valence electrons. The Labute approximate surface area is 161 Å². The third-order valence-electron chi connectivity index (χ3n) is 4.01. The van der Waals surface area contributed by atoms with Gasteiger partial charge in [0.05, 0.1) is 0 Å². The van der Waals surface area contributed by atoms with E-state index in [-0.39, 0.29) is 10.8 Å². The Kier molecular flexibility index (Phi) is 5.39. The maximum absolute atomic E-state index is 12.3. The molecule has 0 radical (unpaired) electrons. The van der Waals surface area contributed by atoms with Crippen molar-refractivity contribution in [2.24, 2.45) is 0 Å². The van der Waals surface area contributed by atoms with E-state index in [1.807, 2.05) is 4.57 Å². The van der Waals surface area contributed by atoms with E-state index in [0.29, 0.717) is 29.6 Å². The van der Waals surface area contributed by atoms with Gasteiger partial charge in [-0.05, 0) is 11.4 Å². The van der Waals surface area contributed by atoms with Gasteiger partial charge in [-0.25, -0.2) is 23.1 Å². The maximum Gasteiger partial charge on any atom is 0.250 e. The van der Waals surface area contributed by atoms with Crippen molar-refractivity contribution in [3.8, 4) is 0 Å². The molecule has 0 aliphatic heterocycles. The number of sulfonamides is 1. The molecule has 0 fully saturated rings. The lowest BCUT2D eigenvalue weighted by molar-refractivity contribution is 0.577. The average Bonchev–Trinajstić information content (AvgIpc) is 3.30. The van der Waals surface area contributed by atoms with Crippen LogP contribution in [-0.4, -0.2) is 50.6 Å². The monoisotopic (exact) mass is 410 g/mol. The van der Waals surface area contributed by atoms with Gasteiger partial charge >= 0.3 is 0 Å². The first-order valence-corrected chi connectivity index (χ1v) is 10.5. The highest BCUT2D eigenvalue weighted by atomic mass is 32.2. The van der Waals surface area contributed by atoms with Crippen molar-refractivity contribution < 1.29 is 8.42 Å². The lowest BCUT2D eigenvalue weighted by Gasteiger charge is -2.14. The van der Waals surface area contributed by atoms with E-state index in [0.717, 1.165) is 11.2 Å². The van der Waals surface area contributed by atoms with Crippen molar-refractivity contribution in [2.75, 3.05) is 49.4 Å². The van der Waals surface area contributed by atoms with Gasteiger partial charge in [0.25, 0.3) is 0 Å². The van der Waals surface area contributed by atoms with Crippen molar-refractivity contribution in [3.05, 3.63) is 17.5 Å². The third-order valence-corrected chi connectivity index (χ3v) is 6.87. The number of thiophene rings is 1. The fourth-order valence-corrected chi connectivity index (χ4v) is 4.89. The minimum Gasteiger partial charge on any atom is -0.383 e. The van der Waals surface area contributed by atoms with Crippen LogP contribution in [0.1, 0.15) is 0 Å². The van der Waals surface area contributed by atoms with E-state index in [1.165, 1.54) is 11.3 Å². The molecule has 0 unspecified atom stereocenters. The number of anilines is 4. The van der Waals surface area contributed by atoms with Crippen LogP contribution in [0.3, 0.4) is 0 Å². The summed E-state index contributed by atoms with van der Waals surface area (Å²) in [7, 11) is 1.75. The van der Waals surface area contributed by atoms with Gasteiger partial charge in [-0.1, -0.05) is 6.07 Å². The number of fused-ring (bicyclic) bond motifs is 1. The second-order valence-corrected chi connectivity index (χ2v) is 8.53. The molecule has 0 aromatic carbocycles. The lowest BCUT2D eigenvalue weighted by Crippen LogP contribution is -2.27. The van der Waals surface area contributed by atoms with Crippen LogP contribution < -0.4 is 26.4 Å². The van der Waals surface area contributed by atoms with Gasteiger partial charge in [0.15, 0.2) is 11.6 Å². The first-order valence-electron chi connectivity index (χ1n) is 8.19. The van der Waals surface area contributed by atoms with Gasteiger partial charge in [-0.2, -0.15) is 0 Å². The summed E-state index contributed by atoms with van der Waals surface area (Å²) in [4.78, 5) is 8.82. The number of nitrogens with one attached hydrogen (secondary N) is 4. The predicted molar refractivity (Wildman–Crippen MR) is 110 cm³/mol. The van der Waals surface area contributed by atoms with Crippen molar-refractivity contribution in [3.63, 3.8) is 0 Å². The smallest absolute Gasteiger partial charge is 0.250 e. The Balaban J connectivity index is 1.97. The fraction of sp³-hybridized carbons (Fsp3) is 0.333. The molecule has 0 amide bonds. The van der Waals surface area contributed by atoms with Gasteiger partial charge in [0.1, 0.15) is 20.9 Å². The number of aromatic nitrogens is 3. The third kappa shape index (κ3) is 3.50. The molecule has 3 rings (SSSR count). The highest BCUT2D eigenvalue weighted by molar-refractivity contribution is 7.91. The largest absolute Gasteiger partial charge is 0.383 e. The Morgan fingerprint density at radius 3 is 2.56 bits per heavy atom. The summed E-state index contributed by atoms with van der Waals surface area (Å²) in [6.45, 7) is 0.555. The summed E-state index contributed by atoms with van der Waals surface area (Å²) < 4.78 is 29.4. The van der Waals surface area contributed by atoms with Crippen LogP contribution >= 0.6 is 11.3 Å². The maximum atomic E-state index is 12.3. The number of nitrogen functional groups attached to an aromatic ring is 1. The molecule has 12 heteroatoms. The average molecular weight is 411 g/mol. The molecule has 3 aromatic heterocycles. The normalized spacial score (nSPS) is 11.7. The van der Waals surface area contributed by atoms with Crippen LogP contribution in [-0.2, 0) is 16.6 Å². The molecule has 6 N–H and O–H groups in total. The van der Waals surface area contributed by atoms with Crippen LogP contribution in [0.25, 0.3) is 11.0 Å². The summed E-state index contributed by atoms with van der Waals surface area (Å²) in [5.41, 5.74) is 8.09. The Bertz CT molecular complexity index is 1040. The first kappa shape index (κ1) is 19.2. The molecular weight excluding hydrogens is 388 g/mol. The van der Waals surface area contributed by atoms with Crippen LogP contribution in [0.5, 0.6) is 0 Å². The summed E-state index contributed by atoms with van der Waals surface area (Å²) in [5, 5.41) is 10.9. The van der Waals surface area contributed by atoms with Crippen molar-refractivity contribution in [1.29, 1.82) is 0 Å². The minimum absolute atomic E-state index is 0.195. The van der Waals surface area contributed by atoms with Crippen LogP contribution in [0.4, 0.5) is 23.3 Å². The number of pyridine rings is 1. The first-order chi connectivity index (χ1) is 12.9. The highest BCUT2D eigenvalue weighted by Crippen LogP contribution is 2.34. The Morgan fingerprint density at radius 1 is 1.19 bits per heavy atom. The van der Waals surface area contributed by atoms with E-state index in [9.17, 15) is 8.42 Å². The molecule has 10 nitrogen and oxygen atoms in total. The zero-order valence-corrected chi connectivity index (χ0v) is 16.8. The van der Waals surface area contributed by atoms with E-state index in [4.69, 9.17) is 5.73 Å². The van der Waals surface area contributed by atoms with Crippen LogP contribution in [0.2, 0.25) is 0 Å². The summed E-state index contributed by atoms with van der Waals surface area (Å²) in [6, 6.07) is 3.28. The van der Waals surface area contributed by atoms with E-state index in [2.05, 4.69) is 30.6 Å². The van der Waals surface area contributed by atoms with Crippen molar-refractivity contribution in [1.82, 2.24) is 19.3 Å². The standard InChI is InChI=1S/C15H22N8O2S2/c1-17-11-12-10(13(16)22-14(11)18-2)21-15(19-3)23(12)7-6-20-27(24,25)9-5-4-8-26-9/h4-5,8,17,20H,6-7H2,1-3H3,(H,19,21)(H3,16,18,22). The molecule has 0 bridgehead atoms. The SMILES string of the molecule is CNc1nc(N)c2nc(NC)n(CCNS(=O)(=O)c3cccs3)c2c1NC. The predicted octanol–water partition coefficient (Wildman–Crippen LogP) is 1.18. The number of rotatable bonds is 8. The van der Waals surface area contributed by atoms with Crippen LogP contribution in [0, 0.1) is 0 Å². The number of nitrogens with zero attached hydrogens (tertiary/aromatic N) is 3. The molecule has 0 aliphatic rings. The fourth-order valence-electron chi connectivity index (χ4n) is 2.83. The molecule has 0 spiro atoms. The highest BCUT2D eigenvalue weighted by Gasteiger charge is 2.21. The van der Waals surface area contributed by atoms with Crippen LogP contribution in [0.15, 0.2) is 21.7 Å². The number of hydrogen-bond donors (Lipinski definition) is 5. The molecule has 3 heterocycles. The number of nitrogens with two attached hydrogens (primary N) is 1. The zero-order valence-electron chi connectivity index (χ0n) is 15.2. The molecule has 0 atom stereocenters. The summed E-state index contributed by atoms with van der Waals surface area (Å²) in [5.74, 6) is 1.45. The van der Waals surface area contributed by atoms with E-state index in [1.54, 1.807) is 38.7 Å². The topological polar surface area (TPSA) is 139 Å². The van der Waals surface area contributed by atoms with Gasteiger partial charge in [-0.3, -0.25) is 0 Å². The second kappa shape index (κ2) is 7.58. The lowest BCUT2D eigenvalue weighted by atomic mass is 10.3. The van der Waals surface area contributed by atoms with Gasteiger partial charge in [0, 0.05) is 34.2 Å². The summed E-state index contributed by atoms with van der Waals surface area (Å²) in [6.07, 6.45) is 0.